The van der Waals surface area contributed by atoms with Crippen molar-refractivity contribution >= 4 is 15.9 Å². The molecular formula is C22H39N3O4S. The Balaban J connectivity index is 2.50. The summed E-state index contributed by atoms with van der Waals surface area (Å²) in [7, 11) is -3.27. The van der Waals surface area contributed by atoms with Crippen LogP contribution in [0.25, 0.3) is 0 Å². The van der Waals surface area contributed by atoms with E-state index >= 15 is 0 Å². The molecule has 7 nitrogen and oxygen atoms in total. The van der Waals surface area contributed by atoms with Crippen LogP contribution in [0.4, 0.5) is 0 Å². The standard InChI is InChI=1S/C22H39N3O4S/c1-7-20(9-8-19(5)25-14-11-22(6,27)12-15-25)24-21(26)16-18(4)10-13-23-30(28,29)17(2)3/h7-9,17-18,23,27H,1,10-16H2,2-6H3,(H,24,26)/b19-8+,20-9+. The molecule has 1 fully saturated rings. The minimum absolute atomic E-state index is 0.0457. The van der Waals surface area contributed by atoms with Gasteiger partial charge in [0.25, 0.3) is 0 Å². The summed E-state index contributed by atoms with van der Waals surface area (Å²) >= 11 is 0. The molecule has 0 saturated carbocycles. The van der Waals surface area contributed by atoms with Gasteiger partial charge in [0.15, 0.2) is 0 Å². The van der Waals surface area contributed by atoms with Crippen LogP contribution < -0.4 is 10.0 Å². The van der Waals surface area contributed by atoms with Crippen molar-refractivity contribution in [2.24, 2.45) is 5.92 Å². The van der Waals surface area contributed by atoms with Gasteiger partial charge in [-0.2, -0.15) is 0 Å². The predicted molar refractivity (Wildman–Crippen MR) is 122 cm³/mol. The third-order valence-corrected chi connectivity index (χ3v) is 7.29. The molecule has 0 bridgehead atoms. The molecule has 0 radical (unpaired) electrons. The normalized spacial score (nSPS) is 19.0. The highest BCUT2D eigenvalue weighted by atomic mass is 32.2. The number of carbonyl (C=O) groups excluding carboxylic acids is 1. The number of carbonyl (C=O) groups is 1. The number of allylic oxidation sites excluding steroid dienone is 4. The summed E-state index contributed by atoms with van der Waals surface area (Å²) in [5.74, 6) is -0.0789. The Labute approximate surface area is 182 Å². The molecule has 1 unspecified atom stereocenters. The number of hydrogen-bond acceptors (Lipinski definition) is 5. The van der Waals surface area contributed by atoms with Crippen LogP contribution in [-0.2, 0) is 14.8 Å². The van der Waals surface area contributed by atoms with Gasteiger partial charge in [0.1, 0.15) is 0 Å². The monoisotopic (exact) mass is 441 g/mol. The predicted octanol–water partition coefficient (Wildman–Crippen LogP) is 2.67. The first-order valence-corrected chi connectivity index (χ1v) is 12.2. The number of piperidine rings is 1. The Bertz CT molecular complexity index is 744. The van der Waals surface area contributed by atoms with Gasteiger partial charge in [-0.15, -0.1) is 0 Å². The smallest absolute Gasteiger partial charge is 0.224 e. The number of nitrogens with one attached hydrogen (secondary N) is 2. The van der Waals surface area contributed by atoms with E-state index < -0.39 is 20.9 Å². The van der Waals surface area contributed by atoms with Crippen LogP contribution >= 0.6 is 0 Å². The number of nitrogens with zero attached hydrogens (tertiary/aromatic N) is 1. The highest BCUT2D eigenvalue weighted by Gasteiger charge is 2.27. The molecule has 1 rings (SSSR count). The molecular weight excluding hydrogens is 402 g/mol. The molecule has 1 heterocycles. The SMILES string of the molecule is C=C/C(=C\C=C(/C)N1CCC(C)(O)CC1)NC(=O)CC(C)CCNS(=O)(=O)C(C)C. The van der Waals surface area contributed by atoms with Crippen molar-refractivity contribution in [2.45, 2.75) is 71.2 Å². The Morgan fingerprint density at radius 3 is 2.37 bits per heavy atom. The minimum atomic E-state index is -3.27. The molecule has 0 aromatic rings. The van der Waals surface area contributed by atoms with Gasteiger partial charge in [-0.1, -0.05) is 13.5 Å². The first-order chi connectivity index (χ1) is 13.9. The first-order valence-electron chi connectivity index (χ1n) is 10.6. The fourth-order valence-corrected chi connectivity index (χ4v) is 3.80. The zero-order valence-electron chi connectivity index (χ0n) is 19.1. The number of sulfonamides is 1. The van der Waals surface area contributed by atoms with E-state index in [2.05, 4.69) is 21.5 Å². The quantitative estimate of drug-likeness (QED) is 0.428. The minimum Gasteiger partial charge on any atom is -0.390 e. The van der Waals surface area contributed by atoms with Gasteiger partial charge in [0, 0.05) is 37.4 Å². The number of amides is 1. The largest absolute Gasteiger partial charge is 0.390 e. The number of hydrogen-bond donors (Lipinski definition) is 3. The molecule has 0 aliphatic carbocycles. The highest BCUT2D eigenvalue weighted by molar-refractivity contribution is 7.90. The zero-order chi connectivity index (χ0) is 22.9. The highest BCUT2D eigenvalue weighted by Crippen LogP contribution is 2.23. The zero-order valence-corrected chi connectivity index (χ0v) is 19.9. The van der Waals surface area contributed by atoms with Crippen LogP contribution in [0.5, 0.6) is 0 Å². The maximum Gasteiger partial charge on any atom is 0.224 e. The first kappa shape index (κ1) is 26.4. The molecule has 1 aliphatic rings. The van der Waals surface area contributed by atoms with Crippen molar-refractivity contribution in [2.75, 3.05) is 19.6 Å². The maximum absolute atomic E-state index is 12.3. The summed E-state index contributed by atoms with van der Waals surface area (Å²) in [6.07, 6.45) is 7.74. The summed E-state index contributed by atoms with van der Waals surface area (Å²) in [5, 5.41) is 12.5. The topological polar surface area (TPSA) is 98.7 Å². The summed E-state index contributed by atoms with van der Waals surface area (Å²) in [4.78, 5) is 14.5. The van der Waals surface area contributed by atoms with Crippen LogP contribution in [0.15, 0.2) is 36.2 Å². The van der Waals surface area contributed by atoms with Crippen LogP contribution in [-0.4, -0.2) is 54.8 Å². The van der Waals surface area contributed by atoms with Crippen molar-refractivity contribution in [1.29, 1.82) is 0 Å². The van der Waals surface area contributed by atoms with E-state index in [1.54, 1.807) is 19.9 Å². The van der Waals surface area contributed by atoms with Crippen molar-refractivity contribution in [3.63, 3.8) is 0 Å². The van der Waals surface area contributed by atoms with Gasteiger partial charge < -0.3 is 15.3 Å². The Kier molecular flexibility index (Phi) is 10.3. The molecule has 8 heteroatoms. The van der Waals surface area contributed by atoms with Crippen LogP contribution in [0.1, 0.15) is 60.3 Å². The molecule has 1 saturated heterocycles. The fraction of sp³-hybridized carbons (Fsp3) is 0.682. The molecule has 0 aromatic carbocycles. The Morgan fingerprint density at radius 1 is 1.23 bits per heavy atom. The Morgan fingerprint density at radius 2 is 1.83 bits per heavy atom. The second-order valence-electron chi connectivity index (χ2n) is 8.75. The van der Waals surface area contributed by atoms with Crippen molar-refractivity contribution < 1.29 is 18.3 Å². The van der Waals surface area contributed by atoms with E-state index in [-0.39, 0.29) is 11.8 Å². The van der Waals surface area contributed by atoms with Crippen molar-refractivity contribution in [1.82, 2.24) is 14.9 Å². The summed E-state index contributed by atoms with van der Waals surface area (Å²) in [5.41, 5.74) is 1.11. The van der Waals surface area contributed by atoms with Crippen molar-refractivity contribution in [3.05, 3.63) is 36.2 Å². The van der Waals surface area contributed by atoms with Gasteiger partial charge >= 0.3 is 0 Å². The van der Waals surface area contributed by atoms with Crippen LogP contribution in [0, 0.1) is 5.92 Å². The van der Waals surface area contributed by atoms with Crippen LogP contribution in [0.3, 0.4) is 0 Å². The number of likely N-dealkylation sites (tertiary alicyclic amines) is 1. The molecule has 1 atom stereocenters. The lowest BCUT2D eigenvalue weighted by Crippen LogP contribution is -2.41. The molecule has 1 aliphatic heterocycles. The van der Waals surface area contributed by atoms with E-state index in [4.69, 9.17) is 0 Å². The molecule has 30 heavy (non-hydrogen) atoms. The van der Waals surface area contributed by atoms with E-state index in [9.17, 15) is 18.3 Å². The molecule has 1 amide bonds. The van der Waals surface area contributed by atoms with Gasteiger partial charge in [-0.05, 0) is 71.1 Å². The van der Waals surface area contributed by atoms with E-state index in [1.165, 1.54) is 0 Å². The van der Waals surface area contributed by atoms with E-state index in [0.29, 0.717) is 25.1 Å². The van der Waals surface area contributed by atoms with Gasteiger partial charge in [0.2, 0.25) is 15.9 Å². The lowest BCUT2D eigenvalue weighted by molar-refractivity contribution is -0.121. The van der Waals surface area contributed by atoms with E-state index in [1.807, 2.05) is 32.9 Å². The molecule has 172 valence electrons. The average Bonchev–Trinajstić information content (AvgIpc) is 2.64. The fourth-order valence-electron chi connectivity index (χ4n) is 3.06. The summed E-state index contributed by atoms with van der Waals surface area (Å²) in [6, 6.07) is 0. The summed E-state index contributed by atoms with van der Waals surface area (Å²) < 4.78 is 26.1. The number of aliphatic hydroxyl groups is 1. The average molecular weight is 442 g/mol. The second-order valence-corrected chi connectivity index (χ2v) is 11.1. The third-order valence-electron chi connectivity index (χ3n) is 5.44. The van der Waals surface area contributed by atoms with E-state index in [0.717, 1.165) is 31.6 Å². The lowest BCUT2D eigenvalue weighted by atomic mass is 9.93. The van der Waals surface area contributed by atoms with Gasteiger partial charge in [-0.25, -0.2) is 13.1 Å². The molecule has 0 aromatic heterocycles. The summed E-state index contributed by atoms with van der Waals surface area (Å²) in [6.45, 7) is 14.8. The number of rotatable bonds is 11. The molecule has 3 N–H and O–H groups in total. The molecule has 0 spiro atoms. The third kappa shape index (κ3) is 9.45. The Hall–Kier alpha value is -1.64. The van der Waals surface area contributed by atoms with Gasteiger partial charge in [-0.3, -0.25) is 4.79 Å². The van der Waals surface area contributed by atoms with Crippen LogP contribution in [0.2, 0.25) is 0 Å². The maximum atomic E-state index is 12.3. The van der Waals surface area contributed by atoms with Gasteiger partial charge in [0.05, 0.1) is 10.9 Å². The second kappa shape index (κ2) is 11.7. The lowest BCUT2D eigenvalue weighted by Gasteiger charge is -2.37. The van der Waals surface area contributed by atoms with Crippen molar-refractivity contribution in [3.8, 4) is 0 Å².